The van der Waals surface area contributed by atoms with Crippen molar-refractivity contribution < 1.29 is 17.9 Å². The minimum Gasteiger partial charge on any atom is -0.455 e. The topological polar surface area (TPSA) is 93.5 Å². The highest BCUT2D eigenvalue weighted by Crippen LogP contribution is 2.33. The molecule has 0 aliphatic heterocycles. The van der Waals surface area contributed by atoms with Gasteiger partial charge in [0.1, 0.15) is 18.1 Å². The van der Waals surface area contributed by atoms with Crippen molar-refractivity contribution in [1.82, 2.24) is 14.9 Å². The molecule has 4 rings (SSSR count). The Hall–Kier alpha value is -4.11. The number of carbonyl (C=O) groups is 1. The highest BCUT2D eigenvalue weighted by molar-refractivity contribution is 7.92. The van der Waals surface area contributed by atoms with E-state index in [1.165, 1.54) is 0 Å². The van der Waals surface area contributed by atoms with E-state index in [4.69, 9.17) is 4.74 Å². The summed E-state index contributed by atoms with van der Waals surface area (Å²) in [6, 6.07) is 23.5. The number of hydrogen-bond donors (Lipinski definition) is 1. The number of aryl methyl sites for hydroxylation is 1. The minimum absolute atomic E-state index is 0.266. The van der Waals surface area contributed by atoms with E-state index in [0.29, 0.717) is 11.5 Å². The molecule has 0 saturated carbocycles. The van der Waals surface area contributed by atoms with Gasteiger partial charge >= 0.3 is 0 Å². The van der Waals surface area contributed by atoms with Gasteiger partial charge in [0, 0.05) is 24.6 Å². The molecule has 9 heteroatoms. The van der Waals surface area contributed by atoms with Crippen molar-refractivity contribution in [2.24, 2.45) is 0 Å². The fraction of sp³-hybridized carbons (Fsp3) is 0.154. The van der Waals surface area contributed by atoms with Gasteiger partial charge in [-0.3, -0.25) is 9.10 Å². The SMILES string of the molecule is Cc1nccn1-c1ccc(CNC(=O)CN(c2ccccc2Oc2ccccc2)S(C)(=O)=O)cc1. The molecule has 0 aliphatic carbocycles. The highest BCUT2D eigenvalue weighted by atomic mass is 32.2. The Morgan fingerprint density at radius 1 is 1.00 bits per heavy atom. The number of aromatic nitrogens is 2. The normalized spacial score (nSPS) is 11.1. The number of ether oxygens (including phenoxy) is 1. The van der Waals surface area contributed by atoms with Crippen molar-refractivity contribution in [2.45, 2.75) is 13.5 Å². The second-order valence-electron chi connectivity index (χ2n) is 7.94. The monoisotopic (exact) mass is 490 g/mol. The van der Waals surface area contributed by atoms with Gasteiger partial charge < -0.3 is 14.6 Å². The number of benzene rings is 3. The summed E-state index contributed by atoms with van der Waals surface area (Å²) in [5.41, 5.74) is 2.14. The molecule has 0 spiro atoms. The van der Waals surface area contributed by atoms with Crippen molar-refractivity contribution in [1.29, 1.82) is 0 Å². The van der Waals surface area contributed by atoms with Crippen molar-refractivity contribution in [3.63, 3.8) is 0 Å². The Kier molecular flexibility index (Phi) is 7.17. The van der Waals surface area contributed by atoms with Gasteiger partial charge in [0.15, 0.2) is 5.75 Å². The fourth-order valence-electron chi connectivity index (χ4n) is 3.56. The summed E-state index contributed by atoms with van der Waals surface area (Å²) in [6.07, 6.45) is 4.68. The summed E-state index contributed by atoms with van der Waals surface area (Å²) < 4.78 is 34.1. The molecule has 8 nitrogen and oxygen atoms in total. The van der Waals surface area contributed by atoms with Crippen LogP contribution in [0, 0.1) is 6.92 Å². The predicted octanol–water partition coefficient (Wildman–Crippen LogP) is 4.06. The van der Waals surface area contributed by atoms with Crippen LogP contribution in [0.5, 0.6) is 11.5 Å². The number of nitrogens with zero attached hydrogens (tertiary/aromatic N) is 3. The van der Waals surface area contributed by atoms with Crippen LogP contribution in [0.15, 0.2) is 91.3 Å². The predicted molar refractivity (Wildman–Crippen MR) is 135 cm³/mol. The summed E-state index contributed by atoms with van der Waals surface area (Å²) in [4.78, 5) is 17.0. The van der Waals surface area contributed by atoms with Gasteiger partial charge in [-0.2, -0.15) is 0 Å². The van der Waals surface area contributed by atoms with E-state index in [1.807, 2.05) is 60.2 Å². The number of para-hydroxylation sites is 3. The molecule has 1 amide bonds. The first-order valence-corrected chi connectivity index (χ1v) is 12.8. The van der Waals surface area contributed by atoms with Crippen molar-refractivity contribution in [2.75, 3.05) is 17.1 Å². The lowest BCUT2D eigenvalue weighted by molar-refractivity contribution is -0.119. The summed E-state index contributed by atoms with van der Waals surface area (Å²) in [5.74, 6) is 1.34. The molecule has 1 aromatic heterocycles. The first-order valence-electron chi connectivity index (χ1n) is 11.0. The zero-order valence-electron chi connectivity index (χ0n) is 19.5. The number of hydrogen-bond acceptors (Lipinski definition) is 5. The Balaban J connectivity index is 1.45. The second-order valence-corrected chi connectivity index (χ2v) is 9.85. The van der Waals surface area contributed by atoms with Gasteiger partial charge in [-0.25, -0.2) is 13.4 Å². The number of amides is 1. The minimum atomic E-state index is -3.76. The lowest BCUT2D eigenvalue weighted by atomic mass is 10.2. The molecule has 0 bridgehead atoms. The molecule has 3 aromatic carbocycles. The second kappa shape index (κ2) is 10.4. The van der Waals surface area contributed by atoms with Crippen LogP contribution in [0.2, 0.25) is 0 Å². The van der Waals surface area contributed by atoms with Crippen LogP contribution in [0.4, 0.5) is 5.69 Å². The van der Waals surface area contributed by atoms with Crippen molar-refractivity contribution in [3.8, 4) is 17.2 Å². The molecule has 1 heterocycles. The fourth-order valence-corrected chi connectivity index (χ4v) is 4.42. The molecular formula is C26H26N4O4S. The van der Waals surface area contributed by atoms with Crippen LogP contribution in [0.1, 0.15) is 11.4 Å². The van der Waals surface area contributed by atoms with E-state index in [0.717, 1.165) is 27.6 Å². The maximum atomic E-state index is 12.7. The summed E-state index contributed by atoms with van der Waals surface area (Å²) in [5, 5.41) is 2.80. The van der Waals surface area contributed by atoms with Crippen LogP contribution in [0.25, 0.3) is 5.69 Å². The maximum absolute atomic E-state index is 12.7. The van der Waals surface area contributed by atoms with Gasteiger partial charge in [0.2, 0.25) is 15.9 Å². The molecule has 1 N–H and O–H groups in total. The standard InChI is InChI=1S/C26H26N4O4S/c1-20-27-16-17-29(20)22-14-12-21(13-15-22)18-28-26(31)19-30(35(2,32)33)24-10-6-7-11-25(24)34-23-8-4-3-5-9-23/h3-17H,18-19H2,1-2H3,(H,28,31). The largest absolute Gasteiger partial charge is 0.455 e. The third kappa shape index (κ3) is 6.07. The van der Waals surface area contributed by atoms with Crippen LogP contribution < -0.4 is 14.4 Å². The summed E-state index contributed by atoms with van der Waals surface area (Å²) >= 11 is 0. The summed E-state index contributed by atoms with van der Waals surface area (Å²) in [7, 11) is -3.76. The third-order valence-corrected chi connectivity index (χ3v) is 6.45. The average Bonchev–Trinajstić information content (AvgIpc) is 3.28. The van der Waals surface area contributed by atoms with E-state index in [2.05, 4.69) is 10.3 Å². The Labute approximate surface area is 204 Å². The van der Waals surface area contributed by atoms with E-state index >= 15 is 0 Å². The third-order valence-electron chi connectivity index (χ3n) is 5.32. The van der Waals surface area contributed by atoms with Crippen LogP contribution in [0.3, 0.4) is 0 Å². The maximum Gasteiger partial charge on any atom is 0.241 e. The molecule has 0 radical (unpaired) electrons. The number of nitrogens with one attached hydrogen (secondary N) is 1. The van der Waals surface area contributed by atoms with Gasteiger partial charge in [-0.15, -0.1) is 0 Å². The lowest BCUT2D eigenvalue weighted by Crippen LogP contribution is -2.40. The van der Waals surface area contributed by atoms with Crippen molar-refractivity contribution in [3.05, 3.63) is 103 Å². The van der Waals surface area contributed by atoms with E-state index < -0.39 is 15.9 Å². The molecule has 4 aromatic rings. The number of anilines is 1. The van der Waals surface area contributed by atoms with E-state index in [1.54, 1.807) is 42.6 Å². The molecule has 0 saturated heterocycles. The van der Waals surface area contributed by atoms with Crippen molar-refractivity contribution >= 4 is 21.6 Å². The first-order chi connectivity index (χ1) is 16.8. The van der Waals surface area contributed by atoms with Gasteiger partial charge in [0.05, 0.1) is 11.9 Å². The van der Waals surface area contributed by atoms with Crippen LogP contribution in [-0.4, -0.2) is 36.7 Å². The number of carbonyl (C=O) groups excluding carboxylic acids is 1. The number of rotatable bonds is 9. The lowest BCUT2D eigenvalue weighted by Gasteiger charge is -2.24. The summed E-state index contributed by atoms with van der Waals surface area (Å²) in [6.45, 7) is 1.81. The Morgan fingerprint density at radius 3 is 2.34 bits per heavy atom. The van der Waals surface area contributed by atoms with Gasteiger partial charge in [-0.05, 0) is 48.9 Å². The van der Waals surface area contributed by atoms with E-state index in [-0.39, 0.29) is 18.8 Å². The van der Waals surface area contributed by atoms with Gasteiger partial charge in [0.25, 0.3) is 0 Å². The molecule has 35 heavy (non-hydrogen) atoms. The molecular weight excluding hydrogens is 464 g/mol. The van der Waals surface area contributed by atoms with Gasteiger partial charge in [-0.1, -0.05) is 42.5 Å². The molecule has 0 unspecified atom stereocenters. The molecule has 0 fully saturated rings. The average molecular weight is 491 g/mol. The Morgan fingerprint density at radius 2 is 1.69 bits per heavy atom. The zero-order valence-corrected chi connectivity index (χ0v) is 20.3. The number of sulfonamides is 1. The van der Waals surface area contributed by atoms with Crippen LogP contribution >= 0.6 is 0 Å². The molecule has 0 atom stereocenters. The van der Waals surface area contributed by atoms with Crippen LogP contribution in [-0.2, 0) is 21.4 Å². The first kappa shape index (κ1) is 24.0. The zero-order chi connectivity index (χ0) is 24.8. The Bertz CT molecular complexity index is 1400. The van der Waals surface area contributed by atoms with E-state index in [9.17, 15) is 13.2 Å². The molecule has 180 valence electrons. The highest BCUT2D eigenvalue weighted by Gasteiger charge is 2.24. The number of imidazole rings is 1. The smallest absolute Gasteiger partial charge is 0.241 e. The molecule has 0 aliphatic rings. The quantitative estimate of drug-likeness (QED) is 0.382.